The Morgan fingerprint density at radius 2 is 1.95 bits per heavy atom. The number of nitrogens with one attached hydrogen (secondary N) is 1. The monoisotopic (exact) mass is 311 g/mol. The summed E-state index contributed by atoms with van der Waals surface area (Å²) in [5, 5.41) is 11.2. The van der Waals surface area contributed by atoms with E-state index in [2.05, 4.69) is 4.72 Å². The summed E-state index contributed by atoms with van der Waals surface area (Å²) in [5.74, 6) is 0. The standard InChI is InChI=1S/C14H17NO3S2/c1-10-3-4-13(7-12(10)9-16)20(17,18)15-8-14-11(2)5-6-19-14/h3-7,15-16H,8-9H2,1-2H3. The van der Waals surface area contributed by atoms with Gasteiger partial charge >= 0.3 is 0 Å². The van der Waals surface area contributed by atoms with Gasteiger partial charge in [0.15, 0.2) is 0 Å². The highest BCUT2D eigenvalue weighted by molar-refractivity contribution is 7.89. The summed E-state index contributed by atoms with van der Waals surface area (Å²) in [7, 11) is -3.56. The fraction of sp³-hybridized carbons (Fsp3) is 0.286. The molecule has 0 bridgehead atoms. The Labute approximate surface area is 123 Å². The number of thiophene rings is 1. The van der Waals surface area contributed by atoms with Gasteiger partial charge in [0.1, 0.15) is 0 Å². The predicted molar refractivity (Wildman–Crippen MR) is 80.2 cm³/mol. The molecule has 0 saturated carbocycles. The van der Waals surface area contributed by atoms with E-state index >= 15 is 0 Å². The van der Waals surface area contributed by atoms with E-state index in [1.54, 1.807) is 12.1 Å². The predicted octanol–water partition coefficient (Wildman–Crippen LogP) is 2.34. The number of aliphatic hydroxyl groups excluding tert-OH is 1. The normalized spacial score (nSPS) is 11.8. The average Bonchev–Trinajstić information content (AvgIpc) is 2.82. The molecule has 2 rings (SSSR count). The fourth-order valence-corrected chi connectivity index (χ4v) is 3.80. The van der Waals surface area contributed by atoms with Crippen LogP contribution in [0.3, 0.4) is 0 Å². The van der Waals surface area contributed by atoms with Crippen LogP contribution in [0.15, 0.2) is 34.5 Å². The lowest BCUT2D eigenvalue weighted by Crippen LogP contribution is -2.23. The first-order valence-corrected chi connectivity index (χ1v) is 8.53. The van der Waals surface area contributed by atoms with E-state index in [4.69, 9.17) is 0 Å². The van der Waals surface area contributed by atoms with Crippen LogP contribution < -0.4 is 4.72 Å². The Bertz CT molecular complexity index is 705. The van der Waals surface area contributed by atoms with Gasteiger partial charge in [0.25, 0.3) is 0 Å². The van der Waals surface area contributed by atoms with Gasteiger partial charge in [0, 0.05) is 11.4 Å². The highest BCUT2D eigenvalue weighted by atomic mass is 32.2. The summed E-state index contributed by atoms with van der Waals surface area (Å²) in [5.41, 5.74) is 2.58. The highest BCUT2D eigenvalue weighted by Gasteiger charge is 2.15. The van der Waals surface area contributed by atoms with Crippen molar-refractivity contribution in [1.82, 2.24) is 4.72 Å². The molecule has 4 nitrogen and oxygen atoms in total. The fourth-order valence-electron chi connectivity index (χ4n) is 1.81. The van der Waals surface area contributed by atoms with E-state index < -0.39 is 10.0 Å². The van der Waals surface area contributed by atoms with Crippen molar-refractivity contribution in [1.29, 1.82) is 0 Å². The number of hydrogen-bond acceptors (Lipinski definition) is 4. The third kappa shape index (κ3) is 3.27. The Balaban J connectivity index is 2.20. The largest absolute Gasteiger partial charge is 0.392 e. The highest BCUT2D eigenvalue weighted by Crippen LogP contribution is 2.18. The molecule has 0 saturated heterocycles. The van der Waals surface area contributed by atoms with Crippen molar-refractivity contribution in [2.75, 3.05) is 0 Å². The summed E-state index contributed by atoms with van der Waals surface area (Å²) in [4.78, 5) is 1.18. The zero-order valence-electron chi connectivity index (χ0n) is 11.4. The second-order valence-corrected chi connectivity index (χ2v) is 7.37. The van der Waals surface area contributed by atoms with Gasteiger partial charge in [0.05, 0.1) is 11.5 Å². The van der Waals surface area contributed by atoms with E-state index in [0.29, 0.717) is 5.56 Å². The molecule has 0 aliphatic carbocycles. The molecule has 0 amide bonds. The molecule has 20 heavy (non-hydrogen) atoms. The third-order valence-corrected chi connectivity index (χ3v) is 5.61. The minimum Gasteiger partial charge on any atom is -0.392 e. The van der Waals surface area contributed by atoms with Gasteiger partial charge in [-0.1, -0.05) is 6.07 Å². The molecule has 0 radical (unpaired) electrons. The topological polar surface area (TPSA) is 66.4 Å². The SMILES string of the molecule is Cc1ccc(S(=O)(=O)NCc2sccc2C)cc1CO. The first-order valence-electron chi connectivity index (χ1n) is 6.17. The van der Waals surface area contributed by atoms with E-state index in [-0.39, 0.29) is 18.0 Å². The lowest BCUT2D eigenvalue weighted by Gasteiger charge is -2.09. The second kappa shape index (κ2) is 6.05. The van der Waals surface area contributed by atoms with Crippen molar-refractivity contribution in [2.45, 2.75) is 31.9 Å². The molecule has 0 aliphatic heterocycles. The van der Waals surface area contributed by atoms with Gasteiger partial charge in [0.2, 0.25) is 10.0 Å². The number of hydrogen-bond donors (Lipinski definition) is 2. The summed E-state index contributed by atoms with van der Waals surface area (Å²) >= 11 is 1.53. The smallest absolute Gasteiger partial charge is 0.240 e. The Hall–Kier alpha value is -1.21. The van der Waals surface area contributed by atoms with E-state index in [1.165, 1.54) is 17.4 Å². The van der Waals surface area contributed by atoms with Crippen molar-refractivity contribution >= 4 is 21.4 Å². The van der Waals surface area contributed by atoms with Crippen molar-refractivity contribution < 1.29 is 13.5 Å². The molecule has 0 aliphatic rings. The van der Waals surface area contributed by atoms with Gasteiger partial charge < -0.3 is 5.11 Å². The summed E-state index contributed by atoms with van der Waals surface area (Å²) < 4.78 is 27.1. The van der Waals surface area contributed by atoms with Crippen LogP contribution in [0, 0.1) is 13.8 Å². The van der Waals surface area contributed by atoms with Crippen LogP contribution in [0.25, 0.3) is 0 Å². The number of sulfonamides is 1. The molecule has 0 atom stereocenters. The molecular weight excluding hydrogens is 294 g/mol. The minimum atomic E-state index is -3.56. The molecule has 1 aromatic carbocycles. The molecule has 1 aromatic heterocycles. The molecule has 0 spiro atoms. The van der Waals surface area contributed by atoms with Gasteiger partial charge in [-0.05, 0) is 54.1 Å². The molecule has 1 heterocycles. The molecule has 6 heteroatoms. The van der Waals surface area contributed by atoms with Gasteiger partial charge in [-0.15, -0.1) is 11.3 Å². The minimum absolute atomic E-state index is 0.167. The summed E-state index contributed by atoms with van der Waals surface area (Å²) in [6, 6.07) is 6.73. The van der Waals surface area contributed by atoms with Crippen LogP contribution >= 0.6 is 11.3 Å². The van der Waals surface area contributed by atoms with Crippen LogP contribution in [0.1, 0.15) is 21.6 Å². The molecule has 0 fully saturated rings. The Morgan fingerprint density at radius 1 is 1.20 bits per heavy atom. The first-order chi connectivity index (χ1) is 9.44. The number of aliphatic hydroxyl groups is 1. The second-order valence-electron chi connectivity index (χ2n) is 4.60. The average molecular weight is 311 g/mol. The molecular formula is C14H17NO3S2. The first kappa shape index (κ1) is 15.2. The van der Waals surface area contributed by atoms with Crippen LogP contribution in [0.5, 0.6) is 0 Å². The van der Waals surface area contributed by atoms with Crippen LogP contribution in [0.4, 0.5) is 0 Å². The summed E-state index contributed by atoms with van der Waals surface area (Å²) in [6.45, 7) is 3.91. The molecule has 0 unspecified atom stereocenters. The lowest BCUT2D eigenvalue weighted by molar-refractivity contribution is 0.280. The van der Waals surface area contributed by atoms with Crippen LogP contribution in [-0.4, -0.2) is 13.5 Å². The quantitative estimate of drug-likeness (QED) is 0.890. The van der Waals surface area contributed by atoms with E-state index in [9.17, 15) is 13.5 Å². The van der Waals surface area contributed by atoms with Crippen molar-refractivity contribution in [3.8, 4) is 0 Å². The maximum atomic E-state index is 12.2. The van der Waals surface area contributed by atoms with Crippen molar-refractivity contribution in [2.24, 2.45) is 0 Å². The van der Waals surface area contributed by atoms with Gasteiger partial charge in [-0.2, -0.15) is 0 Å². The Morgan fingerprint density at radius 3 is 2.55 bits per heavy atom. The zero-order chi connectivity index (χ0) is 14.8. The number of rotatable bonds is 5. The third-order valence-electron chi connectivity index (χ3n) is 3.19. The number of aryl methyl sites for hydroxylation is 2. The maximum Gasteiger partial charge on any atom is 0.240 e. The Kier molecular flexibility index (Phi) is 4.59. The zero-order valence-corrected chi connectivity index (χ0v) is 13.0. The van der Waals surface area contributed by atoms with Crippen LogP contribution in [0.2, 0.25) is 0 Å². The maximum absolute atomic E-state index is 12.2. The van der Waals surface area contributed by atoms with E-state index in [0.717, 1.165) is 16.0 Å². The van der Waals surface area contributed by atoms with Crippen LogP contribution in [-0.2, 0) is 23.2 Å². The molecule has 2 aromatic rings. The summed E-state index contributed by atoms with van der Waals surface area (Å²) in [6.07, 6.45) is 0. The van der Waals surface area contributed by atoms with Crippen molar-refractivity contribution in [3.05, 3.63) is 51.2 Å². The lowest BCUT2D eigenvalue weighted by atomic mass is 10.1. The van der Waals surface area contributed by atoms with Gasteiger partial charge in [-0.3, -0.25) is 0 Å². The van der Waals surface area contributed by atoms with E-state index in [1.807, 2.05) is 25.3 Å². The molecule has 108 valence electrons. The van der Waals surface area contributed by atoms with Crippen molar-refractivity contribution in [3.63, 3.8) is 0 Å². The van der Waals surface area contributed by atoms with Gasteiger partial charge in [-0.25, -0.2) is 13.1 Å². The molecule has 2 N–H and O–H groups in total. The number of benzene rings is 1.